The van der Waals surface area contributed by atoms with Crippen LogP contribution in [0.1, 0.15) is 0 Å². The van der Waals surface area contributed by atoms with E-state index in [4.69, 9.17) is 14.4 Å². The Bertz CT molecular complexity index is 3160. The number of para-hydroxylation sites is 1. The molecule has 0 unspecified atom stereocenters. The number of aromatic nitrogens is 2. The molecule has 4 heteroatoms. The molecule has 54 heavy (non-hydrogen) atoms. The maximum atomic E-state index is 6.39. The van der Waals surface area contributed by atoms with Gasteiger partial charge in [0, 0.05) is 32.0 Å². The molecule has 0 atom stereocenters. The van der Waals surface area contributed by atoms with Crippen LogP contribution in [0.3, 0.4) is 0 Å². The van der Waals surface area contributed by atoms with Gasteiger partial charge in [-0.2, -0.15) is 0 Å². The Labute approximate surface area is 315 Å². The van der Waals surface area contributed by atoms with Crippen LogP contribution in [0.25, 0.3) is 109 Å². The minimum atomic E-state index is 0.690. The van der Waals surface area contributed by atoms with Crippen molar-refractivity contribution in [1.82, 2.24) is 9.97 Å². The van der Waals surface area contributed by atoms with Crippen molar-refractivity contribution in [3.63, 3.8) is 0 Å². The Kier molecular flexibility index (Phi) is 7.04. The summed E-state index contributed by atoms with van der Waals surface area (Å²) >= 11 is 1.75. The van der Waals surface area contributed by atoms with Crippen molar-refractivity contribution in [3.05, 3.63) is 182 Å². The van der Waals surface area contributed by atoms with Crippen LogP contribution in [0.4, 0.5) is 0 Å². The fraction of sp³-hybridized carbons (Fsp3) is 0. The maximum absolute atomic E-state index is 6.39. The van der Waals surface area contributed by atoms with E-state index >= 15 is 0 Å². The maximum Gasteiger partial charge on any atom is 0.160 e. The molecule has 0 aliphatic heterocycles. The molecule has 11 aromatic rings. The number of furan rings is 1. The van der Waals surface area contributed by atoms with Gasteiger partial charge in [0.25, 0.3) is 0 Å². The van der Waals surface area contributed by atoms with E-state index in [-0.39, 0.29) is 0 Å². The summed E-state index contributed by atoms with van der Waals surface area (Å²) < 4.78 is 8.62. The third-order valence-electron chi connectivity index (χ3n) is 10.5. The van der Waals surface area contributed by atoms with Gasteiger partial charge in [-0.15, -0.1) is 11.3 Å². The molecule has 3 aromatic heterocycles. The highest BCUT2D eigenvalue weighted by Gasteiger charge is 2.20. The molecule has 0 amide bonds. The number of thiophene rings is 1. The molecular weight excluding hydrogens is 677 g/mol. The number of hydrogen-bond donors (Lipinski definition) is 0. The first-order valence-electron chi connectivity index (χ1n) is 18.1. The van der Waals surface area contributed by atoms with Gasteiger partial charge >= 0.3 is 0 Å². The molecule has 0 bridgehead atoms. The van der Waals surface area contributed by atoms with Crippen LogP contribution in [-0.4, -0.2) is 9.97 Å². The summed E-state index contributed by atoms with van der Waals surface area (Å²) in [5, 5.41) is 5.81. The van der Waals surface area contributed by atoms with Gasteiger partial charge in [0.2, 0.25) is 0 Å². The van der Waals surface area contributed by atoms with E-state index in [1.54, 1.807) is 11.3 Å². The molecule has 0 saturated carbocycles. The molecule has 0 aliphatic carbocycles. The van der Waals surface area contributed by atoms with Crippen molar-refractivity contribution in [2.45, 2.75) is 0 Å². The second-order valence-electron chi connectivity index (χ2n) is 13.8. The Morgan fingerprint density at radius 2 is 0.981 bits per heavy atom. The molecule has 8 aromatic carbocycles. The lowest BCUT2D eigenvalue weighted by atomic mass is 9.95. The fourth-order valence-electron chi connectivity index (χ4n) is 7.74. The van der Waals surface area contributed by atoms with E-state index in [1.165, 1.54) is 26.6 Å². The lowest BCUT2D eigenvalue weighted by Gasteiger charge is -2.12. The van der Waals surface area contributed by atoms with Gasteiger partial charge in [0.1, 0.15) is 11.2 Å². The predicted molar refractivity (Wildman–Crippen MR) is 227 cm³/mol. The van der Waals surface area contributed by atoms with Crippen LogP contribution < -0.4 is 0 Å². The summed E-state index contributed by atoms with van der Waals surface area (Å²) in [6.45, 7) is 0. The number of fused-ring (bicyclic) bond motifs is 7. The van der Waals surface area contributed by atoms with Crippen molar-refractivity contribution < 1.29 is 4.42 Å². The molecular formula is C50H30N2OS. The number of hydrogen-bond acceptors (Lipinski definition) is 4. The number of benzene rings is 8. The topological polar surface area (TPSA) is 38.9 Å². The Balaban J connectivity index is 1.15. The van der Waals surface area contributed by atoms with Crippen LogP contribution in [0.5, 0.6) is 0 Å². The van der Waals surface area contributed by atoms with E-state index in [2.05, 4.69) is 170 Å². The molecule has 3 heterocycles. The zero-order valence-electron chi connectivity index (χ0n) is 29.0. The highest BCUT2D eigenvalue weighted by atomic mass is 32.1. The Hall–Kier alpha value is -6.88. The molecule has 0 aliphatic rings. The largest absolute Gasteiger partial charge is 0.456 e. The number of rotatable bonds is 5. The van der Waals surface area contributed by atoms with E-state index in [0.29, 0.717) is 5.82 Å². The highest BCUT2D eigenvalue weighted by molar-refractivity contribution is 7.26. The lowest BCUT2D eigenvalue weighted by Crippen LogP contribution is -1.95. The zero-order valence-corrected chi connectivity index (χ0v) is 29.8. The van der Waals surface area contributed by atoms with Crippen molar-refractivity contribution in [3.8, 4) is 56.0 Å². The molecule has 0 radical (unpaired) electrons. The fourth-order valence-corrected chi connectivity index (χ4v) is 8.93. The van der Waals surface area contributed by atoms with Gasteiger partial charge in [-0.25, -0.2) is 9.97 Å². The first kappa shape index (κ1) is 30.7. The van der Waals surface area contributed by atoms with E-state index < -0.39 is 0 Å². The van der Waals surface area contributed by atoms with Crippen molar-refractivity contribution in [1.29, 1.82) is 0 Å². The molecule has 0 spiro atoms. The zero-order chi connectivity index (χ0) is 35.6. The highest BCUT2D eigenvalue weighted by Crippen LogP contribution is 2.43. The van der Waals surface area contributed by atoms with Crippen molar-refractivity contribution >= 4 is 64.4 Å². The molecule has 0 N–H and O–H groups in total. The summed E-state index contributed by atoms with van der Waals surface area (Å²) in [5.74, 6) is 0.690. The molecule has 0 saturated heterocycles. The minimum Gasteiger partial charge on any atom is -0.456 e. The summed E-state index contributed by atoms with van der Waals surface area (Å²) in [7, 11) is 0. The first-order valence-corrected chi connectivity index (χ1v) is 18.9. The van der Waals surface area contributed by atoms with E-state index in [1.807, 2.05) is 12.1 Å². The second-order valence-corrected chi connectivity index (χ2v) is 14.8. The molecule has 11 rings (SSSR count). The van der Waals surface area contributed by atoms with Gasteiger partial charge in [-0.05, 0) is 92.7 Å². The van der Waals surface area contributed by atoms with Crippen molar-refractivity contribution in [2.75, 3.05) is 0 Å². The van der Waals surface area contributed by atoms with Gasteiger partial charge in [-0.1, -0.05) is 133 Å². The summed E-state index contributed by atoms with van der Waals surface area (Å²) in [6, 6.07) is 64.5. The van der Waals surface area contributed by atoms with Gasteiger partial charge in [0.05, 0.1) is 15.9 Å². The van der Waals surface area contributed by atoms with Gasteiger partial charge in [-0.3, -0.25) is 0 Å². The van der Waals surface area contributed by atoms with Crippen LogP contribution in [0.2, 0.25) is 0 Å². The average molecular weight is 707 g/mol. The predicted octanol–water partition coefficient (Wildman–Crippen LogP) is 14.2. The first-order chi connectivity index (χ1) is 26.7. The van der Waals surface area contributed by atoms with E-state index in [0.717, 1.165) is 76.6 Å². The smallest absolute Gasteiger partial charge is 0.160 e. The quantitative estimate of drug-likeness (QED) is 0.179. The monoisotopic (exact) mass is 706 g/mol. The number of nitrogens with zero attached hydrogens (tertiary/aromatic N) is 2. The summed E-state index contributed by atoms with van der Waals surface area (Å²) in [6.07, 6.45) is 0. The van der Waals surface area contributed by atoms with Gasteiger partial charge in [0.15, 0.2) is 5.82 Å². The summed E-state index contributed by atoms with van der Waals surface area (Å²) in [5.41, 5.74) is 12.5. The lowest BCUT2D eigenvalue weighted by molar-refractivity contribution is 0.669. The summed E-state index contributed by atoms with van der Waals surface area (Å²) in [4.78, 5) is 10.8. The molecule has 3 nitrogen and oxygen atoms in total. The molecule has 252 valence electrons. The SMILES string of the molecule is c1ccc(-c2cc(-c3ccccc3)cc(-c3nc(-c4ccc5c(c4)oc4ccccc45)c4sc5cc(-c6ccc7ccccc7c6)ccc5c4n3)c2)cc1. The van der Waals surface area contributed by atoms with Crippen LogP contribution in [0.15, 0.2) is 186 Å². The molecule has 0 fully saturated rings. The van der Waals surface area contributed by atoms with Crippen LogP contribution >= 0.6 is 11.3 Å². The average Bonchev–Trinajstić information content (AvgIpc) is 3.81. The third kappa shape index (κ3) is 5.19. The van der Waals surface area contributed by atoms with Crippen LogP contribution in [0, 0.1) is 0 Å². The minimum absolute atomic E-state index is 0.690. The normalized spacial score (nSPS) is 11.7. The third-order valence-corrected chi connectivity index (χ3v) is 11.6. The van der Waals surface area contributed by atoms with Crippen molar-refractivity contribution in [2.24, 2.45) is 0 Å². The Morgan fingerprint density at radius 3 is 1.78 bits per heavy atom. The standard InChI is InChI=1S/C50H30N2OS/c1-3-11-31(12-4-1)38-26-39(32-13-5-2-6-14-32)28-40(27-38)50-51-47(37-22-23-42-41-17-9-10-18-44(41)53-45(42)29-37)49-48(52-50)43-24-21-36(30-46(43)54-49)35-20-19-33-15-7-8-16-34(33)25-35/h1-30H. The van der Waals surface area contributed by atoms with Crippen LogP contribution in [-0.2, 0) is 0 Å². The van der Waals surface area contributed by atoms with E-state index in [9.17, 15) is 0 Å². The Morgan fingerprint density at radius 1 is 0.370 bits per heavy atom. The second kappa shape index (κ2) is 12.4. The van der Waals surface area contributed by atoms with Gasteiger partial charge < -0.3 is 4.42 Å².